The molecule has 1 N–H and O–H groups in total. The molecule has 110 valence electrons. The summed E-state index contributed by atoms with van der Waals surface area (Å²) in [7, 11) is 0. The summed E-state index contributed by atoms with van der Waals surface area (Å²) in [4.78, 5) is 10.7. The molecule has 0 unspecified atom stereocenters. The Morgan fingerprint density at radius 3 is 2.73 bits per heavy atom. The molecule has 0 saturated heterocycles. The second-order valence-electron chi connectivity index (χ2n) is 5.91. The molecule has 22 heavy (non-hydrogen) atoms. The third-order valence-electron chi connectivity index (χ3n) is 4.72. The molecule has 0 amide bonds. The summed E-state index contributed by atoms with van der Waals surface area (Å²) in [5, 5.41) is 14.6. The number of hydrogen-bond donors (Lipinski definition) is 1. The first-order valence-corrected chi connectivity index (χ1v) is 7.50. The van der Waals surface area contributed by atoms with Crippen LogP contribution < -0.4 is 5.32 Å². The van der Waals surface area contributed by atoms with Crippen molar-refractivity contribution in [3.8, 4) is 0 Å². The van der Waals surface area contributed by atoms with Crippen LogP contribution >= 0.6 is 0 Å². The van der Waals surface area contributed by atoms with Gasteiger partial charge in [-0.3, -0.25) is 10.1 Å². The molecule has 4 rings (SSSR count). The fraction of sp³-hybridized carbons (Fsp3) is 0.222. The van der Waals surface area contributed by atoms with Gasteiger partial charge in [-0.1, -0.05) is 42.5 Å². The third kappa shape index (κ3) is 1.99. The Morgan fingerprint density at radius 1 is 1.14 bits per heavy atom. The van der Waals surface area contributed by atoms with Crippen LogP contribution in [-0.2, 0) is 0 Å². The van der Waals surface area contributed by atoms with Crippen molar-refractivity contribution in [3.63, 3.8) is 0 Å². The lowest BCUT2D eigenvalue weighted by Crippen LogP contribution is -2.29. The number of non-ortho nitro benzene ring substituents is 1. The van der Waals surface area contributed by atoms with Crippen LogP contribution in [0.5, 0.6) is 0 Å². The summed E-state index contributed by atoms with van der Waals surface area (Å²) in [5.74, 6) is 0.665. The lowest BCUT2D eigenvalue weighted by Gasteiger charge is -2.37. The highest BCUT2D eigenvalue weighted by Crippen LogP contribution is 2.50. The monoisotopic (exact) mass is 292 g/mol. The highest BCUT2D eigenvalue weighted by atomic mass is 16.6. The van der Waals surface area contributed by atoms with Gasteiger partial charge in [0.05, 0.1) is 11.0 Å². The lowest BCUT2D eigenvalue weighted by atomic mass is 9.77. The number of allylic oxidation sites excluding steroid dienone is 2. The molecule has 0 bridgehead atoms. The Kier molecular flexibility index (Phi) is 2.96. The Hall–Kier alpha value is -2.62. The lowest BCUT2D eigenvalue weighted by molar-refractivity contribution is -0.384. The van der Waals surface area contributed by atoms with Gasteiger partial charge >= 0.3 is 0 Å². The predicted octanol–water partition coefficient (Wildman–Crippen LogP) is 4.42. The van der Waals surface area contributed by atoms with Gasteiger partial charge in [0.2, 0.25) is 0 Å². The Balaban J connectivity index is 1.79. The summed E-state index contributed by atoms with van der Waals surface area (Å²) in [5.41, 5.74) is 3.48. The minimum absolute atomic E-state index is 0.165. The van der Waals surface area contributed by atoms with Gasteiger partial charge in [0.15, 0.2) is 0 Å². The van der Waals surface area contributed by atoms with Crippen LogP contribution in [0.2, 0.25) is 0 Å². The van der Waals surface area contributed by atoms with Crippen LogP contribution in [0, 0.1) is 16.0 Å². The first-order valence-electron chi connectivity index (χ1n) is 7.50. The Labute approximate surface area is 128 Å². The minimum atomic E-state index is -0.322. The predicted molar refractivity (Wildman–Crippen MR) is 85.9 cm³/mol. The van der Waals surface area contributed by atoms with Crippen molar-refractivity contribution in [2.45, 2.75) is 18.4 Å². The zero-order chi connectivity index (χ0) is 15.1. The molecule has 1 aliphatic heterocycles. The number of rotatable bonds is 2. The smallest absolute Gasteiger partial charge is 0.269 e. The van der Waals surface area contributed by atoms with Crippen LogP contribution in [0.3, 0.4) is 0 Å². The molecule has 3 atom stereocenters. The van der Waals surface area contributed by atoms with Gasteiger partial charge in [0, 0.05) is 23.7 Å². The Bertz CT molecular complexity index is 755. The van der Waals surface area contributed by atoms with Crippen molar-refractivity contribution in [1.82, 2.24) is 0 Å². The molecule has 0 spiro atoms. The van der Waals surface area contributed by atoms with Crippen LogP contribution in [0.15, 0.2) is 60.7 Å². The number of fused-ring (bicyclic) bond motifs is 3. The molecule has 4 heteroatoms. The summed E-state index contributed by atoms with van der Waals surface area (Å²) < 4.78 is 0. The number of nitrogens with zero attached hydrogens (tertiary/aromatic N) is 1. The SMILES string of the molecule is O=[N+]([O-])c1ccc2c(c1)[C@@H]1C=CC[C@H]1[C@H](c1ccccc1)N2. The van der Waals surface area contributed by atoms with E-state index < -0.39 is 0 Å². The minimum Gasteiger partial charge on any atom is -0.378 e. The van der Waals surface area contributed by atoms with Gasteiger partial charge in [0.25, 0.3) is 5.69 Å². The molecular weight excluding hydrogens is 276 g/mol. The zero-order valence-electron chi connectivity index (χ0n) is 12.0. The summed E-state index contributed by atoms with van der Waals surface area (Å²) >= 11 is 0. The molecular formula is C18H16N2O2. The van der Waals surface area contributed by atoms with E-state index in [1.54, 1.807) is 12.1 Å². The molecule has 4 nitrogen and oxygen atoms in total. The maximum atomic E-state index is 11.0. The van der Waals surface area contributed by atoms with E-state index in [9.17, 15) is 10.1 Å². The number of hydrogen-bond acceptors (Lipinski definition) is 3. The van der Waals surface area contributed by atoms with E-state index >= 15 is 0 Å². The maximum Gasteiger partial charge on any atom is 0.269 e. The van der Waals surface area contributed by atoms with Crippen LogP contribution in [-0.4, -0.2) is 4.92 Å². The highest BCUT2D eigenvalue weighted by molar-refractivity contribution is 5.62. The van der Waals surface area contributed by atoms with Gasteiger partial charge in [0.1, 0.15) is 0 Å². The quantitative estimate of drug-likeness (QED) is 0.506. The largest absolute Gasteiger partial charge is 0.378 e. The van der Waals surface area contributed by atoms with Gasteiger partial charge in [-0.2, -0.15) is 0 Å². The van der Waals surface area contributed by atoms with Crippen molar-refractivity contribution in [3.05, 3.63) is 81.9 Å². The number of benzene rings is 2. The van der Waals surface area contributed by atoms with E-state index in [0.717, 1.165) is 17.7 Å². The maximum absolute atomic E-state index is 11.0. The molecule has 2 aromatic carbocycles. The molecule has 0 fully saturated rings. The molecule has 0 radical (unpaired) electrons. The standard InChI is InChI=1S/C18H16N2O2/c21-20(22)13-9-10-17-16(11-13)14-7-4-8-15(14)18(19-17)12-5-2-1-3-6-12/h1-7,9-11,14-15,18-19H,8H2/t14-,15-,18+/m1/s1. The molecule has 1 heterocycles. The molecule has 0 aromatic heterocycles. The zero-order valence-corrected chi connectivity index (χ0v) is 12.0. The molecule has 2 aliphatic rings. The summed E-state index contributed by atoms with van der Waals surface area (Å²) in [6, 6.07) is 15.8. The second-order valence-corrected chi connectivity index (χ2v) is 5.91. The van der Waals surface area contributed by atoms with E-state index in [0.29, 0.717) is 5.92 Å². The first kappa shape index (κ1) is 13.1. The number of nitro groups is 1. The van der Waals surface area contributed by atoms with Crippen LogP contribution in [0.1, 0.15) is 29.5 Å². The summed E-state index contributed by atoms with van der Waals surface area (Å²) in [6.07, 6.45) is 5.39. The van der Waals surface area contributed by atoms with Crippen LogP contribution in [0.4, 0.5) is 11.4 Å². The third-order valence-corrected chi connectivity index (χ3v) is 4.72. The molecule has 2 aromatic rings. The average Bonchev–Trinajstić information content (AvgIpc) is 3.04. The van der Waals surface area contributed by atoms with Crippen molar-refractivity contribution >= 4 is 11.4 Å². The average molecular weight is 292 g/mol. The topological polar surface area (TPSA) is 55.2 Å². The first-order chi connectivity index (χ1) is 10.7. The van der Waals surface area contributed by atoms with Gasteiger partial charge < -0.3 is 5.32 Å². The fourth-order valence-corrected chi connectivity index (χ4v) is 3.69. The second kappa shape index (κ2) is 4.98. The number of anilines is 1. The number of nitrogens with one attached hydrogen (secondary N) is 1. The van der Waals surface area contributed by atoms with Crippen LogP contribution in [0.25, 0.3) is 0 Å². The molecule has 1 aliphatic carbocycles. The van der Waals surface area contributed by atoms with Gasteiger partial charge in [-0.25, -0.2) is 0 Å². The van der Waals surface area contributed by atoms with E-state index in [4.69, 9.17) is 0 Å². The fourth-order valence-electron chi connectivity index (χ4n) is 3.69. The van der Waals surface area contributed by atoms with E-state index in [1.807, 2.05) is 12.1 Å². The highest BCUT2D eigenvalue weighted by Gasteiger charge is 2.38. The van der Waals surface area contributed by atoms with Crippen molar-refractivity contribution in [1.29, 1.82) is 0 Å². The van der Waals surface area contributed by atoms with E-state index in [2.05, 4.69) is 41.7 Å². The van der Waals surface area contributed by atoms with Crippen molar-refractivity contribution < 1.29 is 4.92 Å². The van der Waals surface area contributed by atoms with E-state index in [1.165, 1.54) is 5.56 Å². The molecule has 0 saturated carbocycles. The van der Waals surface area contributed by atoms with Crippen molar-refractivity contribution in [2.75, 3.05) is 5.32 Å². The van der Waals surface area contributed by atoms with Gasteiger partial charge in [-0.15, -0.1) is 0 Å². The Morgan fingerprint density at radius 2 is 1.95 bits per heavy atom. The normalized spacial score (nSPS) is 25.2. The summed E-state index contributed by atoms with van der Waals surface area (Å²) in [6.45, 7) is 0. The number of nitro benzene ring substituents is 1. The van der Waals surface area contributed by atoms with E-state index in [-0.39, 0.29) is 22.6 Å². The van der Waals surface area contributed by atoms with Crippen molar-refractivity contribution in [2.24, 2.45) is 5.92 Å². The van der Waals surface area contributed by atoms with Gasteiger partial charge in [-0.05, 0) is 29.5 Å².